The van der Waals surface area contributed by atoms with Crippen LogP contribution in [0.2, 0.25) is 0 Å². The second-order valence-corrected chi connectivity index (χ2v) is 6.00. The van der Waals surface area contributed by atoms with Gasteiger partial charge in [-0.3, -0.25) is 9.59 Å². The zero-order chi connectivity index (χ0) is 15.6. The zero-order valence-corrected chi connectivity index (χ0v) is 14.3. The van der Waals surface area contributed by atoms with Gasteiger partial charge in [0.1, 0.15) is 5.69 Å². The maximum atomic E-state index is 12.4. The normalized spacial score (nSPS) is 15.1. The lowest BCUT2D eigenvalue weighted by Crippen LogP contribution is -2.39. The van der Waals surface area contributed by atoms with Crippen LogP contribution in [0, 0.1) is 12.8 Å². The van der Waals surface area contributed by atoms with Crippen LogP contribution < -0.4 is 11.1 Å². The van der Waals surface area contributed by atoms with Crippen molar-refractivity contribution in [1.29, 1.82) is 0 Å². The quantitative estimate of drug-likeness (QED) is 0.672. The first-order chi connectivity index (χ1) is 9.95. The third-order valence-electron chi connectivity index (χ3n) is 4.10. The minimum atomic E-state index is -0.162. The molecule has 4 N–H and O–H groups in total. The average Bonchev–Trinajstić information content (AvgIpc) is 3.21. The van der Waals surface area contributed by atoms with Gasteiger partial charge in [-0.15, -0.1) is 12.4 Å². The van der Waals surface area contributed by atoms with Crippen molar-refractivity contribution < 1.29 is 9.59 Å². The van der Waals surface area contributed by atoms with E-state index >= 15 is 0 Å². The molecule has 0 saturated heterocycles. The topological polar surface area (TPSA) is 88.0 Å². The summed E-state index contributed by atoms with van der Waals surface area (Å²) in [6.45, 7) is 5.90. The van der Waals surface area contributed by atoms with Gasteiger partial charge < -0.3 is 16.0 Å². The van der Waals surface area contributed by atoms with E-state index in [9.17, 15) is 9.59 Å². The number of Topliss-reactive ketones (excluding diaryl/α,β-unsaturated/α-hetero) is 1. The number of nitrogens with two attached hydrogens (primary N) is 1. The number of amides is 1. The predicted molar refractivity (Wildman–Crippen MR) is 89.8 cm³/mol. The molecule has 1 aromatic heterocycles. The molecule has 1 saturated carbocycles. The first-order valence-electron chi connectivity index (χ1n) is 7.71. The van der Waals surface area contributed by atoms with Crippen LogP contribution >= 0.6 is 12.4 Å². The van der Waals surface area contributed by atoms with Crippen LogP contribution in [0.15, 0.2) is 0 Å². The molecule has 1 aliphatic carbocycles. The number of carbonyl (C=O) groups is 2. The third-order valence-corrected chi connectivity index (χ3v) is 4.10. The molecule has 1 aromatic rings. The van der Waals surface area contributed by atoms with Crippen LogP contribution in [0.4, 0.5) is 0 Å². The van der Waals surface area contributed by atoms with Crippen molar-refractivity contribution in [3.05, 3.63) is 22.5 Å². The van der Waals surface area contributed by atoms with E-state index in [-0.39, 0.29) is 30.1 Å². The number of aromatic nitrogens is 1. The lowest BCUT2D eigenvalue weighted by atomic mass is 10.0. The van der Waals surface area contributed by atoms with Crippen molar-refractivity contribution in [3.63, 3.8) is 0 Å². The minimum absolute atomic E-state index is 0. The Bertz CT molecular complexity index is 550. The van der Waals surface area contributed by atoms with Gasteiger partial charge in [0, 0.05) is 23.8 Å². The Morgan fingerprint density at radius 2 is 2.05 bits per heavy atom. The van der Waals surface area contributed by atoms with Crippen molar-refractivity contribution in [1.82, 2.24) is 10.3 Å². The van der Waals surface area contributed by atoms with Gasteiger partial charge in [-0.1, -0.05) is 13.3 Å². The van der Waals surface area contributed by atoms with Gasteiger partial charge in [-0.25, -0.2) is 0 Å². The predicted octanol–water partition coefficient (Wildman–Crippen LogP) is 2.37. The molecule has 6 heteroatoms. The highest BCUT2D eigenvalue weighted by molar-refractivity contribution is 6.02. The number of carbonyl (C=O) groups excluding carboxylic acids is 2. The van der Waals surface area contributed by atoms with Gasteiger partial charge in [0.15, 0.2) is 5.78 Å². The molecule has 1 atom stereocenters. The summed E-state index contributed by atoms with van der Waals surface area (Å²) in [5.74, 6) is 0.393. The fourth-order valence-corrected chi connectivity index (χ4v) is 2.84. The third kappa shape index (κ3) is 4.11. The highest BCUT2D eigenvalue weighted by atomic mass is 35.5. The summed E-state index contributed by atoms with van der Waals surface area (Å²) in [7, 11) is 0. The second-order valence-electron chi connectivity index (χ2n) is 6.00. The summed E-state index contributed by atoms with van der Waals surface area (Å²) in [5.41, 5.74) is 8.78. The van der Waals surface area contributed by atoms with E-state index in [0.717, 1.165) is 36.9 Å². The molecule has 1 heterocycles. The molecule has 5 nitrogen and oxygen atoms in total. The summed E-state index contributed by atoms with van der Waals surface area (Å²) < 4.78 is 0. The standard InChI is InChI=1S/C16H25N3O2.ClH/c1-4-5-12-14(10(3)20)9(2)19-15(12)16(21)18-8-13(17)11-6-7-11;/h11,13,19H,4-8,17H2,1-3H3,(H,18,21);1H. The summed E-state index contributed by atoms with van der Waals surface area (Å²) in [4.78, 5) is 27.2. The molecule has 0 spiro atoms. The SMILES string of the molecule is CCCc1c(C(=O)NCC(N)C2CC2)[nH]c(C)c1C(C)=O.Cl. The van der Waals surface area contributed by atoms with Crippen LogP contribution in [0.5, 0.6) is 0 Å². The first-order valence-corrected chi connectivity index (χ1v) is 7.71. The minimum Gasteiger partial charge on any atom is -0.354 e. The van der Waals surface area contributed by atoms with Crippen molar-refractivity contribution in [2.45, 2.75) is 52.5 Å². The lowest BCUT2D eigenvalue weighted by molar-refractivity contribution is 0.0944. The van der Waals surface area contributed by atoms with E-state index in [1.165, 1.54) is 0 Å². The molecule has 1 amide bonds. The molecular weight excluding hydrogens is 302 g/mol. The second kappa shape index (κ2) is 7.79. The Kier molecular flexibility index (Phi) is 6.63. The molecule has 0 bridgehead atoms. The van der Waals surface area contributed by atoms with E-state index in [2.05, 4.69) is 10.3 Å². The molecule has 124 valence electrons. The summed E-state index contributed by atoms with van der Waals surface area (Å²) in [6, 6.07) is 0.0342. The number of ketones is 1. The maximum Gasteiger partial charge on any atom is 0.268 e. The van der Waals surface area contributed by atoms with Crippen LogP contribution in [0.1, 0.15) is 65.2 Å². The first kappa shape index (κ1) is 18.7. The van der Waals surface area contributed by atoms with Crippen molar-refractivity contribution >= 4 is 24.1 Å². The number of aryl methyl sites for hydroxylation is 1. The molecule has 1 aliphatic rings. The van der Waals surface area contributed by atoms with E-state index in [1.807, 2.05) is 13.8 Å². The fraction of sp³-hybridized carbons (Fsp3) is 0.625. The van der Waals surface area contributed by atoms with Crippen LogP contribution in [0.25, 0.3) is 0 Å². The highest BCUT2D eigenvalue weighted by Gasteiger charge is 2.29. The number of rotatable bonds is 7. The molecule has 0 aliphatic heterocycles. The van der Waals surface area contributed by atoms with Gasteiger partial charge in [0.2, 0.25) is 0 Å². The van der Waals surface area contributed by atoms with Crippen molar-refractivity contribution in [2.24, 2.45) is 11.7 Å². The van der Waals surface area contributed by atoms with E-state index in [0.29, 0.717) is 23.7 Å². The largest absolute Gasteiger partial charge is 0.354 e. The summed E-state index contributed by atoms with van der Waals surface area (Å²) in [5, 5.41) is 2.89. The van der Waals surface area contributed by atoms with E-state index in [1.54, 1.807) is 6.92 Å². The van der Waals surface area contributed by atoms with Gasteiger partial charge in [0.05, 0.1) is 0 Å². The van der Waals surface area contributed by atoms with E-state index < -0.39 is 0 Å². The maximum absolute atomic E-state index is 12.4. The molecular formula is C16H26ClN3O2. The van der Waals surface area contributed by atoms with E-state index in [4.69, 9.17) is 5.73 Å². The number of halogens is 1. The van der Waals surface area contributed by atoms with Crippen molar-refractivity contribution in [2.75, 3.05) is 6.54 Å². The Morgan fingerprint density at radius 3 is 2.55 bits per heavy atom. The monoisotopic (exact) mass is 327 g/mol. The van der Waals surface area contributed by atoms with Crippen molar-refractivity contribution in [3.8, 4) is 0 Å². The Balaban J connectivity index is 0.00000242. The number of aromatic amines is 1. The Labute approximate surface area is 137 Å². The molecule has 1 unspecified atom stereocenters. The van der Waals surface area contributed by atoms with Gasteiger partial charge in [-0.05, 0) is 44.6 Å². The van der Waals surface area contributed by atoms with Gasteiger partial charge in [-0.2, -0.15) is 0 Å². The average molecular weight is 328 g/mol. The Morgan fingerprint density at radius 1 is 1.41 bits per heavy atom. The molecule has 0 aromatic carbocycles. The fourth-order valence-electron chi connectivity index (χ4n) is 2.84. The van der Waals surface area contributed by atoms with Gasteiger partial charge >= 0.3 is 0 Å². The van der Waals surface area contributed by atoms with Crippen LogP contribution in [-0.2, 0) is 6.42 Å². The van der Waals surface area contributed by atoms with Crippen LogP contribution in [-0.4, -0.2) is 29.3 Å². The molecule has 0 radical (unpaired) electrons. The molecule has 22 heavy (non-hydrogen) atoms. The lowest BCUT2D eigenvalue weighted by Gasteiger charge is -2.12. The molecule has 1 fully saturated rings. The summed E-state index contributed by atoms with van der Waals surface area (Å²) in [6.07, 6.45) is 3.93. The molecule has 2 rings (SSSR count). The zero-order valence-electron chi connectivity index (χ0n) is 13.5. The smallest absolute Gasteiger partial charge is 0.268 e. The number of nitrogens with one attached hydrogen (secondary N) is 2. The number of H-pyrrole nitrogens is 1. The van der Waals surface area contributed by atoms with Crippen LogP contribution in [0.3, 0.4) is 0 Å². The van der Waals surface area contributed by atoms with Gasteiger partial charge in [0.25, 0.3) is 5.91 Å². The number of hydrogen-bond donors (Lipinski definition) is 3. The number of hydrogen-bond acceptors (Lipinski definition) is 3. The summed E-state index contributed by atoms with van der Waals surface area (Å²) >= 11 is 0. The highest BCUT2D eigenvalue weighted by Crippen LogP contribution is 2.31. The Hall–Kier alpha value is -1.33.